The highest BCUT2D eigenvalue weighted by Crippen LogP contribution is 2.22. The Morgan fingerprint density at radius 2 is 1.59 bits per heavy atom. The maximum absolute atomic E-state index is 4.56. The zero-order valence-corrected chi connectivity index (χ0v) is 12.3. The van der Waals surface area contributed by atoms with Crippen LogP contribution in [0, 0.1) is 10.8 Å². The first-order chi connectivity index (χ1) is 7.66. The fourth-order valence-corrected chi connectivity index (χ4v) is 1.77. The number of hydrogen-bond donors (Lipinski definition) is 0. The van der Waals surface area contributed by atoms with Crippen LogP contribution in [0.1, 0.15) is 59.2 Å². The molecule has 0 unspecified atom stereocenters. The van der Waals surface area contributed by atoms with Crippen LogP contribution in [0.25, 0.3) is 0 Å². The second-order valence-electron chi connectivity index (χ2n) is 7.46. The molecule has 0 aliphatic carbocycles. The Bertz CT molecular complexity index is 335. The number of aromatic nitrogens is 1. The summed E-state index contributed by atoms with van der Waals surface area (Å²) in [4.78, 5) is 4.56. The van der Waals surface area contributed by atoms with Crippen LogP contribution in [0.5, 0.6) is 0 Å². The van der Waals surface area contributed by atoms with Crippen molar-refractivity contribution in [1.82, 2.24) is 4.98 Å². The van der Waals surface area contributed by atoms with Crippen molar-refractivity contribution in [3.05, 3.63) is 29.6 Å². The standard InChI is InChI=1S/C16H27N/c1-15(2,3)10-9-13-7-8-14(17-12-13)11-16(4,5)6/h7-8,12H,9-11H2,1-6H3. The lowest BCUT2D eigenvalue weighted by Gasteiger charge is -2.19. The molecule has 1 aromatic heterocycles. The van der Waals surface area contributed by atoms with Gasteiger partial charge < -0.3 is 0 Å². The van der Waals surface area contributed by atoms with Crippen molar-refractivity contribution in [1.29, 1.82) is 0 Å². The fraction of sp³-hybridized carbons (Fsp3) is 0.688. The zero-order chi connectivity index (χ0) is 13.1. The van der Waals surface area contributed by atoms with Gasteiger partial charge in [-0.2, -0.15) is 0 Å². The van der Waals surface area contributed by atoms with Crippen LogP contribution in [0.15, 0.2) is 18.3 Å². The average molecular weight is 233 g/mol. The molecule has 1 heteroatoms. The lowest BCUT2D eigenvalue weighted by molar-refractivity contribution is 0.378. The molecule has 0 saturated carbocycles. The molecule has 0 aliphatic rings. The Labute approximate surface area is 107 Å². The molecule has 0 bridgehead atoms. The molecule has 1 nitrogen and oxygen atoms in total. The van der Waals surface area contributed by atoms with Gasteiger partial charge >= 0.3 is 0 Å². The largest absolute Gasteiger partial charge is 0.261 e. The van der Waals surface area contributed by atoms with E-state index < -0.39 is 0 Å². The van der Waals surface area contributed by atoms with E-state index in [1.54, 1.807) is 0 Å². The van der Waals surface area contributed by atoms with Gasteiger partial charge in [0.1, 0.15) is 0 Å². The first-order valence-corrected chi connectivity index (χ1v) is 6.60. The summed E-state index contributed by atoms with van der Waals surface area (Å²) in [5, 5.41) is 0. The summed E-state index contributed by atoms with van der Waals surface area (Å²) in [7, 11) is 0. The zero-order valence-electron chi connectivity index (χ0n) is 12.3. The Morgan fingerprint density at radius 3 is 2.00 bits per heavy atom. The minimum Gasteiger partial charge on any atom is -0.261 e. The van der Waals surface area contributed by atoms with Crippen LogP contribution in [-0.2, 0) is 12.8 Å². The van der Waals surface area contributed by atoms with Gasteiger partial charge in [-0.15, -0.1) is 0 Å². The number of pyridine rings is 1. The van der Waals surface area contributed by atoms with Crippen LogP contribution in [0.2, 0.25) is 0 Å². The first kappa shape index (κ1) is 14.2. The van der Waals surface area contributed by atoms with E-state index in [1.807, 2.05) is 6.20 Å². The number of nitrogens with zero attached hydrogens (tertiary/aromatic N) is 1. The number of rotatable bonds is 3. The van der Waals surface area contributed by atoms with Crippen LogP contribution < -0.4 is 0 Å². The molecule has 0 spiro atoms. The summed E-state index contributed by atoms with van der Waals surface area (Å²) < 4.78 is 0. The molecule has 17 heavy (non-hydrogen) atoms. The molecule has 1 aromatic rings. The molecule has 1 rings (SSSR count). The molecule has 0 amide bonds. The average Bonchev–Trinajstić information content (AvgIpc) is 2.13. The third-order valence-corrected chi connectivity index (χ3v) is 2.76. The van der Waals surface area contributed by atoms with E-state index in [2.05, 4.69) is 58.7 Å². The molecule has 0 aromatic carbocycles. The van der Waals surface area contributed by atoms with Crippen LogP contribution >= 0.6 is 0 Å². The smallest absolute Gasteiger partial charge is 0.0409 e. The molecule has 0 atom stereocenters. The minimum absolute atomic E-state index is 0.319. The quantitative estimate of drug-likeness (QED) is 0.740. The van der Waals surface area contributed by atoms with Gasteiger partial charge in [-0.25, -0.2) is 0 Å². The minimum atomic E-state index is 0.319. The topological polar surface area (TPSA) is 12.9 Å². The monoisotopic (exact) mass is 233 g/mol. The molecule has 0 radical (unpaired) electrons. The van der Waals surface area contributed by atoms with Crippen molar-refractivity contribution in [2.45, 2.75) is 60.8 Å². The third-order valence-electron chi connectivity index (χ3n) is 2.76. The number of aryl methyl sites for hydroxylation is 1. The van der Waals surface area contributed by atoms with E-state index in [0.29, 0.717) is 10.8 Å². The van der Waals surface area contributed by atoms with Crippen molar-refractivity contribution in [3.63, 3.8) is 0 Å². The van der Waals surface area contributed by atoms with Crippen LogP contribution in [0.3, 0.4) is 0 Å². The first-order valence-electron chi connectivity index (χ1n) is 6.60. The Balaban J connectivity index is 2.56. The van der Waals surface area contributed by atoms with E-state index in [1.165, 1.54) is 17.7 Å². The van der Waals surface area contributed by atoms with Crippen molar-refractivity contribution < 1.29 is 0 Å². The fourth-order valence-electron chi connectivity index (χ4n) is 1.77. The Morgan fingerprint density at radius 1 is 0.941 bits per heavy atom. The summed E-state index contributed by atoms with van der Waals surface area (Å²) in [5.41, 5.74) is 3.29. The normalized spacial score (nSPS) is 12.8. The van der Waals surface area contributed by atoms with Gasteiger partial charge in [-0.3, -0.25) is 4.98 Å². The maximum Gasteiger partial charge on any atom is 0.0409 e. The van der Waals surface area contributed by atoms with Crippen molar-refractivity contribution in [2.75, 3.05) is 0 Å². The lowest BCUT2D eigenvalue weighted by Crippen LogP contribution is -2.10. The predicted octanol–water partition coefficient (Wildman–Crippen LogP) is 4.65. The summed E-state index contributed by atoms with van der Waals surface area (Å²) in [6, 6.07) is 4.42. The van der Waals surface area contributed by atoms with Crippen LogP contribution in [0.4, 0.5) is 0 Å². The van der Waals surface area contributed by atoms with Gasteiger partial charge in [-0.1, -0.05) is 47.6 Å². The molecule has 0 N–H and O–H groups in total. The summed E-state index contributed by atoms with van der Waals surface area (Å²) >= 11 is 0. The molecule has 96 valence electrons. The van der Waals surface area contributed by atoms with Gasteiger partial charge in [-0.05, 0) is 41.7 Å². The van der Waals surface area contributed by atoms with E-state index in [-0.39, 0.29) is 0 Å². The highest BCUT2D eigenvalue weighted by molar-refractivity contribution is 5.15. The molecule has 0 aliphatic heterocycles. The van der Waals surface area contributed by atoms with E-state index >= 15 is 0 Å². The lowest BCUT2D eigenvalue weighted by atomic mass is 9.88. The van der Waals surface area contributed by atoms with E-state index in [4.69, 9.17) is 0 Å². The number of hydrogen-bond acceptors (Lipinski definition) is 1. The highest BCUT2D eigenvalue weighted by Gasteiger charge is 2.13. The van der Waals surface area contributed by atoms with Gasteiger partial charge in [0.25, 0.3) is 0 Å². The summed E-state index contributed by atoms with van der Waals surface area (Å²) in [5.74, 6) is 0. The molecular formula is C16H27N. The van der Waals surface area contributed by atoms with Gasteiger partial charge in [0.2, 0.25) is 0 Å². The summed E-state index contributed by atoms with van der Waals surface area (Å²) in [6.07, 6.45) is 5.44. The Hall–Kier alpha value is -0.850. The van der Waals surface area contributed by atoms with Gasteiger partial charge in [0.15, 0.2) is 0 Å². The van der Waals surface area contributed by atoms with Gasteiger partial charge in [0, 0.05) is 11.9 Å². The second-order valence-corrected chi connectivity index (χ2v) is 7.46. The van der Waals surface area contributed by atoms with Crippen molar-refractivity contribution in [2.24, 2.45) is 10.8 Å². The predicted molar refractivity (Wildman–Crippen MR) is 75.2 cm³/mol. The molecule has 0 fully saturated rings. The SMILES string of the molecule is CC(C)(C)CCc1ccc(CC(C)(C)C)nc1. The molecular weight excluding hydrogens is 206 g/mol. The van der Waals surface area contributed by atoms with E-state index in [0.717, 1.165) is 12.8 Å². The van der Waals surface area contributed by atoms with Crippen LogP contribution in [-0.4, -0.2) is 4.98 Å². The van der Waals surface area contributed by atoms with E-state index in [9.17, 15) is 0 Å². The molecule has 0 saturated heterocycles. The third kappa shape index (κ3) is 6.45. The molecule has 1 heterocycles. The van der Waals surface area contributed by atoms with Gasteiger partial charge in [0.05, 0.1) is 0 Å². The maximum atomic E-state index is 4.56. The van der Waals surface area contributed by atoms with Crippen molar-refractivity contribution in [3.8, 4) is 0 Å². The summed E-state index contributed by atoms with van der Waals surface area (Å²) in [6.45, 7) is 13.6. The van der Waals surface area contributed by atoms with Crippen molar-refractivity contribution >= 4 is 0 Å². The second kappa shape index (κ2) is 5.20. The highest BCUT2D eigenvalue weighted by atomic mass is 14.7. The Kier molecular flexibility index (Phi) is 4.35.